The van der Waals surface area contributed by atoms with Crippen molar-refractivity contribution in [2.75, 3.05) is 13.2 Å². The topological polar surface area (TPSA) is 50.1 Å². The zero-order chi connectivity index (χ0) is 20.1. The van der Waals surface area contributed by atoms with Gasteiger partial charge in [-0.25, -0.2) is 9.07 Å². The summed E-state index contributed by atoms with van der Waals surface area (Å²) in [7, 11) is 0. The monoisotopic (exact) mass is 387 g/mol. The molecule has 0 unspecified atom stereocenters. The van der Waals surface area contributed by atoms with E-state index in [0.29, 0.717) is 24.3 Å². The van der Waals surface area contributed by atoms with Gasteiger partial charge in [0.15, 0.2) is 0 Å². The molecular formula is C24H22FN3O. The minimum absolute atomic E-state index is 0.0458. The van der Waals surface area contributed by atoms with E-state index in [4.69, 9.17) is 5.11 Å². The quantitative estimate of drug-likeness (QED) is 0.461. The van der Waals surface area contributed by atoms with Crippen LogP contribution < -0.4 is 5.32 Å². The molecule has 4 aromatic rings. The summed E-state index contributed by atoms with van der Waals surface area (Å²) in [5.74, 6) is -0.293. The van der Waals surface area contributed by atoms with Crippen molar-refractivity contribution in [1.82, 2.24) is 15.1 Å². The molecule has 0 atom stereocenters. The lowest BCUT2D eigenvalue weighted by Gasteiger charge is -2.12. The summed E-state index contributed by atoms with van der Waals surface area (Å²) in [4.78, 5) is 0. The molecule has 0 aliphatic rings. The molecule has 0 fully saturated rings. The van der Waals surface area contributed by atoms with Crippen LogP contribution in [0.3, 0.4) is 0 Å². The van der Waals surface area contributed by atoms with E-state index in [1.54, 1.807) is 23.0 Å². The van der Waals surface area contributed by atoms with Crippen molar-refractivity contribution in [1.29, 1.82) is 0 Å². The molecular weight excluding hydrogens is 365 g/mol. The fraction of sp³-hybridized carbons (Fsp3) is 0.125. The van der Waals surface area contributed by atoms with Crippen LogP contribution in [0.5, 0.6) is 0 Å². The molecule has 0 spiro atoms. The van der Waals surface area contributed by atoms with Gasteiger partial charge in [-0.3, -0.25) is 0 Å². The first-order valence-corrected chi connectivity index (χ1v) is 9.57. The molecule has 4 nitrogen and oxygen atoms in total. The molecule has 0 amide bonds. The lowest BCUT2D eigenvalue weighted by molar-refractivity contribution is 0.292. The van der Waals surface area contributed by atoms with Crippen LogP contribution in [0.15, 0.2) is 85.1 Å². The Hall–Kier alpha value is -3.28. The number of nitrogens with zero attached hydrogens (tertiary/aromatic N) is 2. The van der Waals surface area contributed by atoms with Crippen LogP contribution in [0.1, 0.15) is 5.56 Å². The number of hydrogen-bond acceptors (Lipinski definition) is 3. The van der Waals surface area contributed by atoms with E-state index in [-0.39, 0.29) is 12.4 Å². The molecule has 3 aromatic carbocycles. The Morgan fingerprint density at radius 2 is 1.55 bits per heavy atom. The number of benzene rings is 3. The van der Waals surface area contributed by atoms with Gasteiger partial charge in [0.05, 0.1) is 24.2 Å². The Morgan fingerprint density at radius 1 is 0.862 bits per heavy atom. The zero-order valence-corrected chi connectivity index (χ0v) is 15.9. The minimum Gasteiger partial charge on any atom is -0.395 e. The second kappa shape index (κ2) is 8.82. The minimum atomic E-state index is -0.293. The Kier molecular flexibility index (Phi) is 5.79. The molecule has 4 rings (SSSR count). The average molecular weight is 387 g/mol. The highest BCUT2D eigenvalue weighted by atomic mass is 19.1. The average Bonchev–Trinajstić information content (AvgIpc) is 3.19. The van der Waals surface area contributed by atoms with Gasteiger partial charge in [-0.05, 0) is 35.4 Å². The van der Waals surface area contributed by atoms with Crippen molar-refractivity contribution in [2.24, 2.45) is 0 Å². The standard InChI is InChI=1S/C24H22FN3O/c25-23-9-5-4-8-22(23)24-20(16-26-14-15-29)17-27-28(24)21-12-10-19(11-13-21)18-6-2-1-3-7-18/h1-13,17,26,29H,14-16H2. The van der Waals surface area contributed by atoms with E-state index in [1.165, 1.54) is 6.07 Å². The Morgan fingerprint density at radius 3 is 2.28 bits per heavy atom. The van der Waals surface area contributed by atoms with Gasteiger partial charge in [0.2, 0.25) is 0 Å². The molecule has 0 bridgehead atoms. The van der Waals surface area contributed by atoms with Crippen molar-refractivity contribution in [3.63, 3.8) is 0 Å². The van der Waals surface area contributed by atoms with Crippen LogP contribution in [0.2, 0.25) is 0 Å². The van der Waals surface area contributed by atoms with E-state index in [1.807, 2.05) is 48.5 Å². The third-order valence-corrected chi connectivity index (χ3v) is 4.80. The SMILES string of the molecule is OCCNCc1cnn(-c2ccc(-c3ccccc3)cc2)c1-c1ccccc1F. The Balaban J connectivity index is 1.74. The first-order chi connectivity index (χ1) is 14.3. The number of hydrogen-bond donors (Lipinski definition) is 2. The van der Waals surface area contributed by atoms with Crippen LogP contribution in [0, 0.1) is 5.82 Å². The summed E-state index contributed by atoms with van der Waals surface area (Å²) in [6.45, 7) is 1.00. The predicted octanol–water partition coefficient (Wildman–Crippen LogP) is 4.43. The number of nitrogens with one attached hydrogen (secondary N) is 1. The van der Waals surface area contributed by atoms with Crippen LogP contribution in [-0.4, -0.2) is 28.0 Å². The fourth-order valence-electron chi connectivity index (χ4n) is 3.38. The predicted molar refractivity (Wildman–Crippen MR) is 113 cm³/mol. The molecule has 0 radical (unpaired) electrons. The summed E-state index contributed by atoms with van der Waals surface area (Å²) in [5.41, 5.74) is 5.19. The van der Waals surface area contributed by atoms with E-state index < -0.39 is 0 Å². The first-order valence-electron chi connectivity index (χ1n) is 9.57. The lowest BCUT2D eigenvalue weighted by atomic mass is 10.0. The summed E-state index contributed by atoms with van der Waals surface area (Å²) < 4.78 is 16.4. The number of halogens is 1. The van der Waals surface area contributed by atoms with Gasteiger partial charge in [0.1, 0.15) is 5.82 Å². The Labute approximate surface area is 169 Å². The maximum absolute atomic E-state index is 14.6. The van der Waals surface area contributed by atoms with Crippen molar-refractivity contribution >= 4 is 0 Å². The second-order valence-electron chi connectivity index (χ2n) is 6.72. The van der Waals surface area contributed by atoms with Gasteiger partial charge < -0.3 is 10.4 Å². The summed E-state index contributed by atoms with van der Waals surface area (Å²) in [6, 6.07) is 24.9. The van der Waals surface area contributed by atoms with E-state index >= 15 is 0 Å². The van der Waals surface area contributed by atoms with Crippen LogP contribution in [-0.2, 0) is 6.54 Å². The first kappa shape index (κ1) is 19.1. The third kappa shape index (κ3) is 4.11. The van der Waals surface area contributed by atoms with Crippen molar-refractivity contribution in [3.05, 3.63) is 96.4 Å². The number of aliphatic hydroxyl groups excluding tert-OH is 1. The largest absolute Gasteiger partial charge is 0.395 e. The third-order valence-electron chi connectivity index (χ3n) is 4.80. The van der Waals surface area contributed by atoms with Gasteiger partial charge in [-0.1, -0.05) is 54.6 Å². The zero-order valence-electron chi connectivity index (χ0n) is 15.9. The molecule has 2 N–H and O–H groups in total. The van der Waals surface area contributed by atoms with Gasteiger partial charge in [-0.2, -0.15) is 5.10 Å². The van der Waals surface area contributed by atoms with Crippen LogP contribution in [0.4, 0.5) is 4.39 Å². The highest BCUT2D eigenvalue weighted by Gasteiger charge is 2.17. The number of aliphatic hydroxyl groups is 1. The molecule has 1 heterocycles. The molecule has 0 aliphatic heterocycles. The smallest absolute Gasteiger partial charge is 0.132 e. The normalized spacial score (nSPS) is 11.0. The van der Waals surface area contributed by atoms with Crippen molar-refractivity contribution in [3.8, 4) is 28.1 Å². The second-order valence-corrected chi connectivity index (χ2v) is 6.72. The van der Waals surface area contributed by atoms with E-state index in [9.17, 15) is 4.39 Å². The maximum atomic E-state index is 14.6. The summed E-state index contributed by atoms with van der Waals surface area (Å²) in [5, 5.41) is 16.7. The van der Waals surface area contributed by atoms with E-state index in [2.05, 4.69) is 22.5 Å². The molecule has 5 heteroatoms. The molecule has 0 aliphatic carbocycles. The van der Waals surface area contributed by atoms with E-state index in [0.717, 1.165) is 22.4 Å². The molecule has 29 heavy (non-hydrogen) atoms. The molecule has 0 saturated carbocycles. The highest BCUT2D eigenvalue weighted by Crippen LogP contribution is 2.30. The van der Waals surface area contributed by atoms with Crippen LogP contribution >= 0.6 is 0 Å². The Bertz CT molecular complexity index is 1070. The number of rotatable bonds is 7. The van der Waals surface area contributed by atoms with Gasteiger partial charge >= 0.3 is 0 Å². The fourth-order valence-corrected chi connectivity index (χ4v) is 3.38. The summed E-state index contributed by atoms with van der Waals surface area (Å²) in [6.07, 6.45) is 1.75. The van der Waals surface area contributed by atoms with Gasteiger partial charge in [0.25, 0.3) is 0 Å². The highest BCUT2D eigenvalue weighted by molar-refractivity contribution is 5.68. The molecule has 1 aromatic heterocycles. The van der Waals surface area contributed by atoms with Crippen molar-refractivity contribution < 1.29 is 9.50 Å². The van der Waals surface area contributed by atoms with Crippen LogP contribution in [0.25, 0.3) is 28.1 Å². The molecule has 146 valence electrons. The summed E-state index contributed by atoms with van der Waals surface area (Å²) >= 11 is 0. The van der Waals surface area contributed by atoms with Crippen molar-refractivity contribution in [2.45, 2.75) is 6.54 Å². The van der Waals surface area contributed by atoms with Gasteiger partial charge in [-0.15, -0.1) is 0 Å². The lowest BCUT2D eigenvalue weighted by Crippen LogP contribution is -2.17. The maximum Gasteiger partial charge on any atom is 0.132 e. The van der Waals surface area contributed by atoms with Gasteiger partial charge in [0, 0.05) is 24.2 Å². The molecule has 0 saturated heterocycles. The number of aromatic nitrogens is 2.